The zero-order chi connectivity index (χ0) is 22.8. The normalized spacial score (nSPS) is 11.0. The molecular weight excluding hydrogens is 428 g/mol. The molecule has 7 nitrogen and oxygen atoms in total. The van der Waals surface area contributed by atoms with E-state index in [-0.39, 0.29) is 17.7 Å². The monoisotopic (exact) mass is 448 g/mol. The van der Waals surface area contributed by atoms with Gasteiger partial charge in [-0.25, -0.2) is 4.98 Å². The molecule has 0 unspecified atom stereocenters. The first-order valence-electron chi connectivity index (χ1n) is 10.1. The van der Waals surface area contributed by atoms with Crippen LogP contribution in [0, 0.1) is 6.92 Å². The number of halogens is 1. The number of amides is 2. The van der Waals surface area contributed by atoms with Crippen LogP contribution in [-0.4, -0.2) is 28.0 Å². The lowest BCUT2D eigenvalue weighted by molar-refractivity contribution is 0.0942. The first kappa shape index (κ1) is 21.5. The minimum absolute atomic E-state index is 0.0192. The van der Waals surface area contributed by atoms with Crippen molar-refractivity contribution in [1.29, 1.82) is 0 Å². The van der Waals surface area contributed by atoms with Crippen molar-refractivity contribution in [3.05, 3.63) is 76.4 Å². The molecule has 2 N–H and O–H groups in total. The number of fused-ring (bicyclic) bond motifs is 1. The number of hydrogen-bond acceptors (Lipinski definition) is 5. The number of pyridine rings is 1. The summed E-state index contributed by atoms with van der Waals surface area (Å²) in [5.74, 6) is -0.663. The number of aryl methyl sites for hydroxylation is 1. The highest BCUT2D eigenvalue weighted by Crippen LogP contribution is 2.29. The molecule has 0 aliphatic carbocycles. The first-order valence-corrected chi connectivity index (χ1v) is 10.5. The van der Waals surface area contributed by atoms with Crippen molar-refractivity contribution in [2.45, 2.75) is 26.8 Å². The average Bonchev–Trinajstić information content (AvgIpc) is 3.15. The minimum atomic E-state index is -0.413. The van der Waals surface area contributed by atoms with Gasteiger partial charge in [-0.1, -0.05) is 47.1 Å². The molecule has 0 spiro atoms. The van der Waals surface area contributed by atoms with Gasteiger partial charge in [0.25, 0.3) is 17.5 Å². The highest BCUT2D eigenvalue weighted by atomic mass is 35.5. The van der Waals surface area contributed by atoms with Crippen molar-refractivity contribution in [3.8, 4) is 11.3 Å². The molecule has 162 valence electrons. The molecule has 8 heteroatoms. The van der Waals surface area contributed by atoms with E-state index in [1.807, 2.05) is 44.2 Å². The topological polar surface area (TPSA) is 97.1 Å². The summed E-state index contributed by atoms with van der Waals surface area (Å²) in [6.45, 7) is 5.49. The number of nitrogens with zero attached hydrogens (tertiary/aromatic N) is 2. The molecule has 0 atom stereocenters. The number of anilines is 1. The van der Waals surface area contributed by atoms with Crippen LogP contribution in [0.4, 0.5) is 5.69 Å². The van der Waals surface area contributed by atoms with Crippen molar-refractivity contribution in [2.75, 3.05) is 5.32 Å². The van der Waals surface area contributed by atoms with Crippen LogP contribution >= 0.6 is 11.6 Å². The lowest BCUT2D eigenvalue weighted by atomic mass is 10.0. The van der Waals surface area contributed by atoms with Gasteiger partial charge in [-0.3, -0.25) is 9.59 Å². The Morgan fingerprint density at radius 3 is 2.50 bits per heavy atom. The van der Waals surface area contributed by atoms with Crippen LogP contribution in [-0.2, 0) is 0 Å². The zero-order valence-corrected chi connectivity index (χ0v) is 18.5. The van der Waals surface area contributed by atoms with Gasteiger partial charge in [-0.2, -0.15) is 0 Å². The largest absolute Gasteiger partial charge is 0.350 e. The van der Waals surface area contributed by atoms with E-state index in [2.05, 4.69) is 20.8 Å². The summed E-state index contributed by atoms with van der Waals surface area (Å²) in [6, 6.07) is 15.9. The molecule has 0 saturated carbocycles. The van der Waals surface area contributed by atoms with E-state index in [0.717, 1.165) is 5.56 Å². The van der Waals surface area contributed by atoms with Crippen LogP contribution in [0.25, 0.3) is 22.4 Å². The summed E-state index contributed by atoms with van der Waals surface area (Å²) in [5, 5.41) is 10.4. The molecule has 2 amide bonds. The summed E-state index contributed by atoms with van der Waals surface area (Å²) in [5.41, 5.74) is 3.30. The Hall–Kier alpha value is -3.71. The molecule has 4 rings (SSSR count). The number of hydrogen-bond donors (Lipinski definition) is 2. The molecule has 32 heavy (non-hydrogen) atoms. The minimum Gasteiger partial charge on any atom is -0.350 e. The predicted octanol–water partition coefficient (Wildman–Crippen LogP) is 5.24. The maximum atomic E-state index is 13.3. The molecule has 2 heterocycles. The Bertz CT molecular complexity index is 1320. The fourth-order valence-corrected chi connectivity index (χ4v) is 3.49. The maximum Gasteiger partial charge on any atom is 0.259 e. The number of nitrogens with one attached hydrogen (secondary N) is 2. The second-order valence-electron chi connectivity index (χ2n) is 7.65. The molecule has 0 saturated heterocycles. The van der Waals surface area contributed by atoms with Crippen molar-refractivity contribution in [1.82, 2.24) is 15.5 Å². The third-order valence-corrected chi connectivity index (χ3v) is 5.16. The summed E-state index contributed by atoms with van der Waals surface area (Å²) in [7, 11) is 0. The van der Waals surface area contributed by atoms with Gasteiger partial charge >= 0.3 is 0 Å². The van der Waals surface area contributed by atoms with Crippen molar-refractivity contribution in [3.63, 3.8) is 0 Å². The summed E-state index contributed by atoms with van der Waals surface area (Å²) >= 11 is 6.30. The molecule has 0 fully saturated rings. The number of rotatable bonds is 5. The predicted molar refractivity (Wildman–Crippen MR) is 124 cm³/mol. The van der Waals surface area contributed by atoms with Crippen LogP contribution in [0.15, 0.2) is 59.1 Å². The number of carbonyl (C=O) groups is 2. The smallest absolute Gasteiger partial charge is 0.259 e. The van der Waals surface area contributed by atoms with E-state index in [1.165, 1.54) is 0 Å². The van der Waals surface area contributed by atoms with Gasteiger partial charge in [0, 0.05) is 17.2 Å². The quantitative estimate of drug-likeness (QED) is 0.435. The SMILES string of the molecule is Cc1noc2nc(-c3ccccc3)cc(C(=O)Nc3cc(C(=O)NC(C)C)ccc3Cl)c12. The summed E-state index contributed by atoms with van der Waals surface area (Å²) in [4.78, 5) is 30.2. The van der Waals surface area contributed by atoms with Crippen LogP contribution in [0.1, 0.15) is 40.3 Å². The third kappa shape index (κ3) is 4.33. The van der Waals surface area contributed by atoms with Crippen LogP contribution in [0.5, 0.6) is 0 Å². The summed E-state index contributed by atoms with van der Waals surface area (Å²) < 4.78 is 5.34. The van der Waals surface area contributed by atoms with E-state index in [9.17, 15) is 9.59 Å². The average molecular weight is 449 g/mol. The van der Waals surface area contributed by atoms with E-state index in [0.29, 0.717) is 38.6 Å². The molecule has 0 bridgehead atoms. The molecule has 0 aliphatic heterocycles. The Morgan fingerprint density at radius 1 is 1.03 bits per heavy atom. The number of carbonyl (C=O) groups excluding carboxylic acids is 2. The first-order chi connectivity index (χ1) is 15.3. The molecular formula is C24H21ClN4O3. The number of benzene rings is 2. The molecule has 2 aromatic heterocycles. The van der Waals surface area contributed by atoms with Crippen LogP contribution in [0.2, 0.25) is 5.02 Å². The standard InChI is InChI=1S/C24H21ClN4O3/c1-13(2)26-22(30)16-9-10-18(25)20(11-16)27-23(31)17-12-19(15-7-5-4-6-8-15)28-24-21(17)14(3)29-32-24/h4-13H,1-3H3,(H,26,30)(H,27,31). The highest BCUT2D eigenvalue weighted by molar-refractivity contribution is 6.34. The van der Waals surface area contributed by atoms with E-state index in [4.69, 9.17) is 16.1 Å². The van der Waals surface area contributed by atoms with Gasteiger partial charge in [0.1, 0.15) is 0 Å². The van der Waals surface area contributed by atoms with Crippen molar-refractivity contribution >= 4 is 40.2 Å². The molecule has 2 aromatic carbocycles. The van der Waals surface area contributed by atoms with Gasteiger partial charge in [-0.15, -0.1) is 0 Å². The summed E-state index contributed by atoms with van der Waals surface area (Å²) in [6.07, 6.45) is 0. The van der Waals surface area contributed by atoms with Gasteiger partial charge in [0.2, 0.25) is 0 Å². The van der Waals surface area contributed by atoms with E-state index < -0.39 is 5.91 Å². The number of aromatic nitrogens is 2. The highest BCUT2D eigenvalue weighted by Gasteiger charge is 2.20. The fourth-order valence-electron chi connectivity index (χ4n) is 3.33. The lowest BCUT2D eigenvalue weighted by Crippen LogP contribution is -2.30. The van der Waals surface area contributed by atoms with E-state index in [1.54, 1.807) is 31.2 Å². The second-order valence-corrected chi connectivity index (χ2v) is 8.05. The van der Waals surface area contributed by atoms with Crippen molar-refractivity contribution in [2.24, 2.45) is 0 Å². The van der Waals surface area contributed by atoms with Gasteiger partial charge < -0.3 is 15.2 Å². The zero-order valence-electron chi connectivity index (χ0n) is 17.8. The van der Waals surface area contributed by atoms with Crippen LogP contribution in [0.3, 0.4) is 0 Å². The Balaban J connectivity index is 1.73. The molecule has 4 aromatic rings. The van der Waals surface area contributed by atoms with Gasteiger partial charge in [0.15, 0.2) is 0 Å². The Kier molecular flexibility index (Phi) is 5.92. The van der Waals surface area contributed by atoms with E-state index >= 15 is 0 Å². The molecule has 0 aliphatic rings. The van der Waals surface area contributed by atoms with Crippen LogP contribution < -0.4 is 10.6 Å². The van der Waals surface area contributed by atoms with Gasteiger partial charge in [-0.05, 0) is 45.0 Å². The fraction of sp³-hybridized carbons (Fsp3) is 0.167. The second kappa shape index (κ2) is 8.80. The maximum absolute atomic E-state index is 13.3. The molecule has 0 radical (unpaired) electrons. The lowest BCUT2D eigenvalue weighted by Gasteiger charge is -2.12. The third-order valence-electron chi connectivity index (χ3n) is 4.83. The van der Waals surface area contributed by atoms with Crippen molar-refractivity contribution < 1.29 is 14.1 Å². The Labute approximate surface area is 189 Å². The van der Waals surface area contributed by atoms with Gasteiger partial charge in [0.05, 0.1) is 33.0 Å². The Morgan fingerprint density at radius 2 is 1.78 bits per heavy atom.